The van der Waals surface area contributed by atoms with Crippen molar-refractivity contribution >= 4 is 35.1 Å². The van der Waals surface area contributed by atoms with Gasteiger partial charge in [-0.25, -0.2) is 4.79 Å². The molecule has 2 rings (SSSR count). The van der Waals surface area contributed by atoms with Crippen LogP contribution in [-0.2, 0) is 14.4 Å². The summed E-state index contributed by atoms with van der Waals surface area (Å²) in [6, 6.07) is 5.91. The molecule has 0 bridgehead atoms. The Morgan fingerprint density at radius 3 is 2.62 bits per heavy atom. The van der Waals surface area contributed by atoms with Crippen molar-refractivity contribution in [1.29, 1.82) is 0 Å². The lowest BCUT2D eigenvalue weighted by molar-refractivity contribution is -0.142. The van der Waals surface area contributed by atoms with Crippen LogP contribution in [-0.4, -0.2) is 35.5 Å². The van der Waals surface area contributed by atoms with E-state index >= 15 is 0 Å². The second-order valence-electron chi connectivity index (χ2n) is 5.92. The lowest BCUT2D eigenvalue weighted by Crippen LogP contribution is -2.44. The van der Waals surface area contributed by atoms with E-state index in [0.717, 1.165) is 12.8 Å². The molecule has 0 spiro atoms. The average molecular weight is 353 g/mol. The molecule has 2 atom stereocenters. The second-order valence-corrected chi connectivity index (χ2v) is 6.36. The molecule has 0 saturated carbocycles. The van der Waals surface area contributed by atoms with Crippen molar-refractivity contribution in [3.8, 4) is 0 Å². The van der Waals surface area contributed by atoms with Crippen molar-refractivity contribution < 1.29 is 19.5 Å². The van der Waals surface area contributed by atoms with Gasteiger partial charge in [0.25, 0.3) is 0 Å². The van der Waals surface area contributed by atoms with Gasteiger partial charge in [0.1, 0.15) is 6.04 Å². The molecule has 1 aliphatic rings. The van der Waals surface area contributed by atoms with Gasteiger partial charge < -0.3 is 15.3 Å². The van der Waals surface area contributed by atoms with Gasteiger partial charge >= 0.3 is 5.97 Å². The number of carbonyl (C=O) groups excluding carboxylic acids is 2. The number of hydrogen-bond acceptors (Lipinski definition) is 3. The van der Waals surface area contributed by atoms with Crippen LogP contribution in [0.1, 0.15) is 32.6 Å². The summed E-state index contributed by atoms with van der Waals surface area (Å²) in [6.07, 6.45) is 2.04. The predicted octanol–water partition coefficient (Wildman–Crippen LogP) is 2.45. The quantitative estimate of drug-likeness (QED) is 0.789. The van der Waals surface area contributed by atoms with Gasteiger partial charge in [0.05, 0.1) is 5.92 Å². The van der Waals surface area contributed by atoms with Gasteiger partial charge in [0.2, 0.25) is 11.8 Å². The van der Waals surface area contributed by atoms with Crippen LogP contribution in [0.3, 0.4) is 0 Å². The van der Waals surface area contributed by atoms with Gasteiger partial charge in [0.15, 0.2) is 0 Å². The monoisotopic (exact) mass is 352 g/mol. The van der Waals surface area contributed by atoms with Crippen molar-refractivity contribution in [2.45, 2.75) is 38.6 Å². The first-order chi connectivity index (χ1) is 11.4. The van der Waals surface area contributed by atoms with Crippen molar-refractivity contribution in [3.05, 3.63) is 29.3 Å². The Bertz CT molecular complexity index is 618. The van der Waals surface area contributed by atoms with Crippen LogP contribution in [0.4, 0.5) is 5.69 Å². The number of anilines is 1. The summed E-state index contributed by atoms with van der Waals surface area (Å²) in [7, 11) is 0. The highest BCUT2D eigenvalue weighted by molar-refractivity contribution is 6.30. The zero-order valence-corrected chi connectivity index (χ0v) is 14.3. The van der Waals surface area contributed by atoms with E-state index in [1.54, 1.807) is 24.3 Å². The molecule has 2 unspecified atom stereocenters. The molecule has 0 aromatic heterocycles. The number of nitrogens with zero attached hydrogens (tertiary/aromatic N) is 1. The Hall–Kier alpha value is -2.08. The molecule has 24 heavy (non-hydrogen) atoms. The maximum atomic E-state index is 12.3. The van der Waals surface area contributed by atoms with Crippen molar-refractivity contribution in [2.24, 2.45) is 5.92 Å². The van der Waals surface area contributed by atoms with E-state index in [1.165, 1.54) is 4.90 Å². The molecule has 1 aliphatic heterocycles. The largest absolute Gasteiger partial charge is 0.480 e. The molecule has 1 fully saturated rings. The smallest absolute Gasteiger partial charge is 0.326 e. The van der Waals surface area contributed by atoms with E-state index in [0.29, 0.717) is 17.1 Å². The molecule has 2 amide bonds. The fraction of sp³-hybridized carbons (Fsp3) is 0.471. The topological polar surface area (TPSA) is 86.7 Å². The van der Waals surface area contributed by atoms with Gasteiger partial charge in [-0.3, -0.25) is 9.59 Å². The highest BCUT2D eigenvalue weighted by Crippen LogP contribution is 2.26. The van der Waals surface area contributed by atoms with Crippen LogP contribution in [0.5, 0.6) is 0 Å². The summed E-state index contributed by atoms with van der Waals surface area (Å²) in [5.74, 6) is -2.13. The fourth-order valence-corrected chi connectivity index (χ4v) is 2.83. The van der Waals surface area contributed by atoms with Crippen molar-refractivity contribution in [2.75, 3.05) is 11.4 Å². The maximum absolute atomic E-state index is 12.3. The Labute approximate surface area is 145 Å². The highest BCUT2D eigenvalue weighted by Gasteiger charge is 2.36. The van der Waals surface area contributed by atoms with Crippen LogP contribution in [0.15, 0.2) is 24.3 Å². The number of carbonyl (C=O) groups is 3. The average Bonchev–Trinajstić information content (AvgIpc) is 2.93. The number of halogens is 1. The third-order valence-corrected chi connectivity index (χ3v) is 4.35. The predicted molar refractivity (Wildman–Crippen MR) is 91.0 cm³/mol. The highest BCUT2D eigenvalue weighted by atomic mass is 35.5. The molecule has 6 nitrogen and oxygen atoms in total. The van der Waals surface area contributed by atoms with E-state index in [4.69, 9.17) is 11.6 Å². The number of benzene rings is 1. The van der Waals surface area contributed by atoms with Gasteiger partial charge in [-0.15, -0.1) is 0 Å². The standard InChI is InChI=1S/C17H21ClN2O4/c1-2-3-4-14(17(23)24)19-16(22)11-9-15(21)20(10-11)13-7-5-12(18)6-8-13/h5-8,11,14H,2-4,9-10H2,1H3,(H,19,22)(H,23,24). The number of carboxylic acid groups (broad SMARTS) is 1. The Morgan fingerprint density at radius 2 is 2.04 bits per heavy atom. The summed E-state index contributed by atoms with van der Waals surface area (Å²) in [4.78, 5) is 37.3. The molecular weight excluding hydrogens is 332 g/mol. The van der Waals surface area contributed by atoms with Gasteiger partial charge in [-0.1, -0.05) is 31.4 Å². The SMILES string of the molecule is CCCCC(NC(=O)C1CC(=O)N(c2ccc(Cl)cc2)C1)C(=O)O. The lowest BCUT2D eigenvalue weighted by atomic mass is 10.1. The minimum atomic E-state index is -1.05. The molecule has 1 aromatic carbocycles. The van der Waals surface area contributed by atoms with Crippen LogP contribution in [0.2, 0.25) is 5.02 Å². The molecule has 1 heterocycles. The zero-order valence-electron chi connectivity index (χ0n) is 13.5. The summed E-state index contributed by atoms with van der Waals surface area (Å²) in [5, 5.41) is 12.3. The van der Waals surface area contributed by atoms with E-state index in [-0.39, 0.29) is 24.8 Å². The van der Waals surface area contributed by atoms with E-state index in [1.807, 2.05) is 6.92 Å². The summed E-state index contributed by atoms with van der Waals surface area (Å²) < 4.78 is 0. The molecule has 1 aromatic rings. The summed E-state index contributed by atoms with van der Waals surface area (Å²) >= 11 is 5.84. The number of unbranched alkanes of at least 4 members (excludes halogenated alkanes) is 1. The number of amides is 2. The molecule has 7 heteroatoms. The molecule has 0 radical (unpaired) electrons. The first kappa shape index (κ1) is 18.3. The van der Waals surface area contributed by atoms with Crippen molar-refractivity contribution in [3.63, 3.8) is 0 Å². The molecule has 2 N–H and O–H groups in total. The third-order valence-electron chi connectivity index (χ3n) is 4.10. The Morgan fingerprint density at radius 1 is 1.38 bits per heavy atom. The maximum Gasteiger partial charge on any atom is 0.326 e. The van der Waals surface area contributed by atoms with Crippen LogP contribution < -0.4 is 10.2 Å². The minimum Gasteiger partial charge on any atom is -0.480 e. The molecule has 130 valence electrons. The normalized spacial score (nSPS) is 18.5. The van der Waals surface area contributed by atoms with Gasteiger partial charge in [-0.2, -0.15) is 0 Å². The number of carboxylic acids is 1. The Balaban J connectivity index is 2.00. The molecule has 1 saturated heterocycles. The van der Waals surface area contributed by atoms with E-state index in [2.05, 4.69) is 5.32 Å². The molecular formula is C17H21ClN2O4. The third kappa shape index (κ3) is 4.47. The first-order valence-corrected chi connectivity index (χ1v) is 8.39. The zero-order chi connectivity index (χ0) is 17.7. The number of aliphatic carboxylic acids is 1. The fourth-order valence-electron chi connectivity index (χ4n) is 2.71. The second kappa shape index (κ2) is 8.15. The molecule has 0 aliphatic carbocycles. The lowest BCUT2D eigenvalue weighted by Gasteiger charge is -2.18. The summed E-state index contributed by atoms with van der Waals surface area (Å²) in [5.41, 5.74) is 0.681. The van der Waals surface area contributed by atoms with E-state index in [9.17, 15) is 19.5 Å². The van der Waals surface area contributed by atoms with Crippen molar-refractivity contribution in [1.82, 2.24) is 5.32 Å². The van der Waals surface area contributed by atoms with E-state index < -0.39 is 17.9 Å². The number of nitrogens with one attached hydrogen (secondary N) is 1. The van der Waals surface area contributed by atoms with Crippen LogP contribution in [0, 0.1) is 5.92 Å². The summed E-state index contributed by atoms with van der Waals surface area (Å²) in [6.45, 7) is 2.20. The van der Waals surface area contributed by atoms with Gasteiger partial charge in [-0.05, 0) is 30.7 Å². The van der Waals surface area contributed by atoms with Crippen LogP contribution >= 0.6 is 11.6 Å². The Kier molecular flexibility index (Phi) is 6.20. The number of rotatable bonds is 7. The number of hydrogen-bond donors (Lipinski definition) is 2. The minimum absolute atomic E-state index is 0.0780. The first-order valence-electron chi connectivity index (χ1n) is 8.01. The van der Waals surface area contributed by atoms with Crippen LogP contribution in [0.25, 0.3) is 0 Å². The van der Waals surface area contributed by atoms with Gasteiger partial charge in [0, 0.05) is 23.7 Å².